The Hall–Kier alpha value is -0.890. The van der Waals surface area contributed by atoms with E-state index in [1.807, 2.05) is 58.0 Å². The molecule has 0 fully saturated rings. The fourth-order valence-corrected chi connectivity index (χ4v) is 3.14. The molecule has 0 spiro atoms. The van der Waals surface area contributed by atoms with E-state index in [0.717, 1.165) is 5.56 Å². The van der Waals surface area contributed by atoms with Crippen LogP contribution in [0.3, 0.4) is 0 Å². The van der Waals surface area contributed by atoms with Gasteiger partial charge in [0.1, 0.15) is 0 Å². The molecule has 4 heteroatoms. The van der Waals surface area contributed by atoms with Crippen molar-refractivity contribution in [1.29, 1.82) is 0 Å². The van der Waals surface area contributed by atoms with Gasteiger partial charge in [-0.3, -0.25) is 4.57 Å². The third kappa shape index (κ3) is 5.63. The Kier molecular flexibility index (Phi) is 5.80. The minimum atomic E-state index is -3.18. The SMILES string of the molecule is CC(C)OP(=O)(C=Cc1ccccc1)OC(C)C. The Balaban J connectivity index is 2.84. The summed E-state index contributed by atoms with van der Waals surface area (Å²) < 4.78 is 23.3. The average Bonchev–Trinajstić information content (AvgIpc) is 2.26. The molecule has 0 N–H and O–H groups in total. The van der Waals surface area contributed by atoms with Gasteiger partial charge in [0.25, 0.3) is 0 Å². The van der Waals surface area contributed by atoms with Gasteiger partial charge in [-0.05, 0) is 39.3 Å². The zero-order chi connectivity index (χ0) is 13.6. The zero-order valence-electron chi connectivity index (χ0n) is 11.4. The quantitative estimate of drug-likeness (QED) is 0.701. The van der Waals surface area contributed by atoms with E-state index in [2.05, 4.69) is 0 Å². The predicted molar refractivity (Wildman–Crippen MR) is 75.5 cm³/mol. The van der Waals surface area contributed by atoms with Gasteiger partial charge in [-0.2, -0.15) is 0 Å². The molecule has 0 saturated carbocycles. The molecule has 3 nitrogen and oxygen atoms in total. The maximum atomic E-state index is 12.5. The van der Waals surface area contributed by atoms with Crippen molar-refractivity contribution in [1.82, 2.24) is 0 Å². The summed E-state index contributed by atoms with van der Waals surface area (Å²) in [6, 6.07) is 9.66. The third-order valence-corrected chi connectivity index (χ3v) is 3.91. The molecular weight excluding hydrogens is 247 g/mol. The molecule has 100 valence electrons. The number of rotatable bonds is 6. The van der Waals surface area contributed by atoms with Crippen molar-refractivity contribution in [2.45, 2.75) is 39.9 Å². The lowest BCUT2D eigenvalue weighted by Crippen LogP contribution is -2.06. The zero-order valence-corrected chi connectivity index (χ0v) is 12.3. The normalized spacial score (nSPS) is 12.8. The molecule has 0 saturated heterocycles. The Bertz CT molecular complexity index is 410. The molecule has 0 heterocycles. The molecule has 1 aromatic carbocycles. The highest BCUT2D eigenvalue weighted by Crippen LogP contribution is 2.52. The highest BCUT2D eigenvalue weighted by Gasteiger charge is 2.23. The van der Waals surface area contributed by atoms with Crippen molar-refractivity contribution in [3.8, 4) is 0 Å². The second-order valence-electron chi connectivity index (χ2n) is 4.57. The predicted octanol–water partition coefficient (Wildman–Crippen LogP) is 4.70. The molecule has 0 aliphatic rings. The van der Waals surface area contributed by atoms with Crippen molar-refractivity contribution in [3.63, 3.8) is 0 Å². The van der Waals surface area contributed by atoms with Gasteiger partial charge in [0, 0.05) is 5.82 Å². The standard InChI is InChI=1S/C14H21O3P/c1-12(2)16-18(15,17-13(3)4)11-10-14-8-6-5-7-9-14/h5-13H,1-4H3. The van der Waals surface area contributed by atoms with E-state index in [0.29, 0.717) is 0 Å². The first kappa shape index (κ1) is 15.2. The van der Waals surface area contributed by atoms with Crippen LogP contribution in [0.4, 0.5) is 0 Å². The van der Waals surface area contributed by atoms with Gasteiger partial charge in [-0.1, -0.05) is 30.3 Å². The summed E-state index contributed by atoms with van der Waals surface area (Å²) >= 11 is 0. The Morgan fingerprint density at radius 1 is 1.00 bits per heavy atom. The van der Waals surface area contributed by atoms with E-state index in [1.165, 1.54) is 5.82 Å². The number of benzene rings is 1. The average molecular weight is 268 g/mol. The summed E-state index contributed by atoms with van der Waals surface area (Å²) in [4.78, 5) is 0. The van der Waals surface area contributed by atoms with Crippen LogP contribution < -0.4 is 0 Å². The van der Waals surface area contributed by atoms with Crippen molar-refractivity contribution < 1.29 is 13.6 Å². The van der Waals surface area contributed by atoms with E-state index in [-0.39, 0.29) is 12.2 Å². The van der Waals surface area contributed by atoms with Gasteiger partial charge in [-0.15, -0.1) is 0 Å². The lowest BCUT2D eigenvalue weighted by Gasteiger charge is -2.19. The van der Waals surface area contributed by atoms with E-state index in [4.69, 9.17) is 9.05 Å². The molecule has 0 radical (unpaired) electrons. The molecule has 0 bridgehead atoms. The van der Waals surface area contributed by atoms with Crippen LogP contribution >= 0.6 is 7.60 Å². The van der Waals surface area contributed by atoms with E-state index in [9.17, 15) is 4.57 Å². The molecule has 1 aromatic rings. The molecule has 18 heavy (non-hydrogen) atoms. The summed E-state index contributed by atoms with van der Waals surface area (Å²) in [5.74, 6) is 1.53. The van der Waals surface area contributed by atoms with Gasteiger partial charge in [-0.25, -0.2) is 0 Å². The van der Waals surface area contributed by atoms with Crippen LogP contribution in [-0.4, -0.2) is 12.2 Å². The largest absolute Gasteiger partial charge is 0.354 e. The summed E-state index contributed by atoms with van der Waals surface area (Å²) in [6.45, 7) is 7.36. The van der Waals surface area contributed by atoms with E-state index in [1.54, 1.807) is 6.08 Å². The van der Waals surface area contributed by atoms with Gasteiger partial charge in [0.05, 0.1) is 12.2 Å². The van der Waals surface area contributed by atoms with Gasteiger partial charge in [0.15, 0.2) is 0 Å². The minimum Gasteiger partial charge on any atom is -0.303 e. The monoisotopic (exact) mass is 268 g/mol. The summed E-state index contributed by atoms with van der Waals surface area (Å²) in [6.07, 6.45) is 1.48. The fraction of sp³-hybridized carbons (Fsp3) is 0.429. The first-order valence-electron chi connectivity index (χ1n) is 6.12. The van der Waals surface area contributed by atoms with Gasteiger partial charge < -0.3 is 9.05 Å². The summed E-state index contributed by atoms with van der Waals surface area (Å²) in [5, 5.41) is 0. The highest BCUT2D eigenvalue weighted by atomic mass is 31.2. The van der Waals surface area contributed by atoms with Gasteiger partial charge in [0.2, 0.25) is 0 Å². The molecular formula is C14H21O3P. The van der Waals surface area contributed by atoms with Crippen LogP contribution in [0.5, 0.6) is 0 Å². The van der Waals surface area contributed by atoms with Crippen LogP contribution in [0, 0.1) is 0 Å². The van der Waals surface area contributed by atoms with Crippen molar-refractivity contribution in [3.05, 3.63) is 41.7 Å². The second kappa shape index (κ2) is 6.89. The molecule has 1 rings (SSSR count). The lowest BCUT2D eigenvalue weighted by molar-refractivity contribution is 0.149. The molecule has 0 aliphatic heterocycles. The maximum Gasteiger partial charge on any atom is 0.354 e. The van der Waals surface area contributed by atoms with Crippen LogP contribution in [0.25, 0.3) is 6.08 Å². The van der Waals surface area contributed by atoms with Crippen LogP contribution in [-0.2, 0) is 13.6 Å². The molecule has 0 aromatic heterocycles. The van der Waals surface area contributed by atoms with E-state index >= 15 is 0 Å². The number of hydrogen-bond acceptors (Lipinski definition) is 3. The first-order valence-corrected chi connectivity index (χ1v) is 7.73. The lowest BCUT2D eigenvalue weighted by atomic mass is 10.2. The third-order valence-electron chi connectivity index (χ3n) is 1.96. The number of hydrogen-bond donors (Lipinski definition) is 0. The summed E-state index contributed by atoms with van der Waals surface area (Å²) in [7, 11) is -3.18. The van der Waals surface area contributed by atoms with Crippen molar-refractivity contribution in [2.75, 3.05) is 0 Å². The smallest absolute Gasteiger partial charge is 0.303 e. The molecule has 0 unspecified atom stereocenters. The van der Waals surface area contributed by atoms with Crippen LogP contribution in [0.1, 0.15) is 33.3 Å². The van der Waals surface area contributed by atoms with Crippen LogP contribution in [0.2, 0.25) is 0 Å². The summed E-state index contributed by atoms with van der Waals surface area (Å²) in [5.41, 5.74) is 0.970. The Labute approximate surface area is 109 Å². The van der Waals surface area contributed by atoms with Crippen molar-refractivity contribution >= 4 is 13.7 Å². The fourth-order valence-electron chi connectivity index (χ4n) is 1.42. The first-order chi connectivity index (χ1) is 8.41. The molecule has 0 amide bonds. The topological polar surface area (TPSA) is 35.5 Å². The second-order valence-corrected chi connectivity index (χ2v) is 6.37. The Morgan fingerprint density at radius 2 is 1.50 bits per heavy atom. The minimum absolute atomic E-state index is 0.144. The maximum absolute atomic E-state index is 12.5. The van der Waals surface area contributed by atoms with Crippen molar-refractivity contribution in [2.24, 2.45) is 0 Å². The molecule has 0 atom stereocenters. The Morgan fingerprint density at radius 3 is 1.94 bits per heavy atom. The van der Waals surface area contributed by atoms with Crippen LogP contribution in [0.15, 0.2) is 36.1 Å². The highest BCUT2D eigenvalue weighted by molar-refractivity contribution is 7.57. The van der Waals surface area contributed by atoms with E-state index < -0.39 is 7.60 Å². The molecule has 0 aliphatic carbocycles. The van der Waals surface area contributed by atoms with Gasteiger partial charge >= 0.3 is 7.60 Å².